The number of carbonyl (C=O) groups is 2. The average molecular weight is 383 g/mol. The molecular formula is C21H25N3O4. The molecule has 0 aliphatic heterocycles. The molecule has 28 heavy (non-hydrogen) atoms. The molecule has 0 unspecified atom stereocenters. The van der Waals surface area contributed by atoms with Crippen LogP contribution in [0.3, 0.4) is 0 Å². The fourth-order valence-corrected chi connectivity index (χ4v) is 2.97. The van der Waals surface area contributed by atoms with E-state index in [2.05, 4.69) is 23.7 Å². The lowest BCUT2D eigenvalue weighted by Gasteiger charge is -2.12. The summed E-state index contributed by atoms with van der Waals surface area (Å²) in [6.45, 7) is 10.4. The summed E-state index contributed by atoms with van der Waals surface area (Å²) in [4.78, 5) is 34.9. The van der Waals surface area contributed by atoms with Crippen molar-refractivity contribution in [1.29, 1.82) is 0 Å². The second kappa shape index (κ2) is 8.65. The SMILES string of the molecule is CC(=O)/C(=C\c1cc(C)n(CC(C)C)c1C)C(=O)Nc1ccc([N+](=O)[O-])cc1. The molecule has 1 heterocycles. The van der Waals surface area contributed by atoms with Gasteiger partial charge < -0.3 is 9.88 Å². The van der Waals surface area contributed by atoms with Gasteiger partial charge in [-0.1, -0.05) is 13.8 Å². The Bertz CT molecular complexity index is 937. The summed E-state index contributed by atoms with van der Waals surface area (Å²) < 4.78 is 2.17. The third-order valence-corrected chi connectivity index (χ3v) is 4.42. The van der Waals surface area contributed by atoms with Crippen molar-refractivity contribution in [2.75, 3.05) is 5.32 Å². The quantitative estimate of drug-likeness (QED) is 0.254. The number of Topliss-reactive ketones (excluding diaryl/α,β-unsaturated/α-hetero) is 1. The Morgan fingerprint density at radius 2 is 1.82 bits per heavy atom. The van der Waals surface area contributed by atoms with E-state index in [-0.39, 0.29) is 17.0 Å². The highest BCUT2D eigenvalue weighted by Crippen LogP contribution is 2.21. The summed E-state index contributed by atoms with van der Waals surface area (Å²) in [7, 11) is 0. The van der Waals surface area contributed by atoms with E-state index in [4.69, 9.17) is 0 Å². The minimum Gasteiger partial charge on any atom is -0.348 e. The number of hydrogen-bond donors (Lipinski definition) is 1. The zero-order valence-corrected chi connectivity index (χ0v) is 16.8. The number of carbonyl (C=O) groups excluding carboxylic acids is 2. The molecule has 1 aromatic carbocycles. The summed E-state index contributed by atoms with van der Waals surface area (Å²) in [6.07, 6.45) is 1.60. The molecule has 0 aliphatic carbocycles. The van der Waals surface area contributed by atoms with E-state index in [9.17, 15) is 19.7 Å². The van der Waals surface area contributed by atoms with Crippen LogP contribution >= 0.6 is 0 Å². The van der Waals surface area contributed by atoms with Gasteiger partial charge in [-0.15, -0.1) is 0 Å². The van der Waals surface area contributed by atoms with Crippen LogP contribution in [0.4, 0.5) is 11.4 Å². The fourth-order valence-electron chi connectivity index (χ4n) is 2.97. The van der Waals surface area contributed by atoms with Gasteiger partial charge in [0.15, 0.2) is 5.78 Å². The first-order chi connectivity index (χ1) is 13.1. The van der Waals surface area contributed by atoms with Crippen molar-refractivity contribution < 1.29 is 14.5 Å². The smallest absolute Gasteiger partial charge is 0.269 e. The highest BCUT2D eigenvalue weighted by molar-refractivity contribution is 6.25. The lowest BCUT2D eigenvalue weighted by Crippen LogP contribution is -2.19. The van der Waals surface area contributed by atoms with Gasteiger partial charge in [-0.05, 0) is 56.5 Å². The second-order valence-corrected chi connectivity index (χ2v) is 7.20. The van der Waals surface area contributed by atoms with Crippen molar-refractivity contribution in [1.82, 2.24) is 4.57 Å². The maximum absolute atomic E-state index is 12.6. The second-order valence-electron chi connectivity index (χ2n) is 7.20. The summed E-state index contributed by atoms with van der Waals surface area (Å²) in [5.41, 5.74) is 3.22. The number of benzene rings is 1. The number of anilines is 1. The van der Waals surface area contributed by atoms with Crippen LogP contribution in [0.2, 0.25) is 0 Å². The van der Waals surface area contributed by atoms with Gasteiger partial charge in [0.1, 0.15) is 0 Å². The first-order valence-electron chi connectivity index (χ1n) is 9.05. The fraction of sp³-hybridized carbons (Fsp3) is 0.333. The van der Waals surface area contributed by atoms with Gasteiger partial charge in [0.2, 0.25) is 0 Å². The number of amides is 1. The first-order valence-corrected chi connectivity index (χ1v) is 9.05. The molecule has 0 saturated heterocycles. The number of nitrogens with one attached hydrogen (secondary N) is 1. The van der Waals surface area contributed by atoms with E-state index in [0.29, 0.717) is 11.6 Å². The molecule has 7 heteroatoms. The molecule has 0 saturated carbocycles. The molecule has 148 valence electrons. The number of nitro benzene ring substituents is 1. The Balaban J connectivity index is 2.31. The molecule has 0 aliphatic rings. The van der Waals surface area contributed by atoms with Gasteiger partial charge in [-0.25, -0.2) is 0 Å². The topological polar surface area (TPSA) is 94.2 Å². The van der Waals surface area contributed by atoms with Crippen LogP contribution in [-0.4, -0.2) is 21.2 Å². The molecule has 1 amide bonds. The Kier molecular flexibility index (Phi) is 6.51. The summed E-state index contributed by atoms with van der Waals surface area (Å²) in [5.74, 6) is -0.428. The highest BCUT2D eigenvalue weighted by Gasteiger charge is 2.17. The van der Waals surface area contributed by atoms with E-state index in [0.717, 1.165) is 23.5 Å². The molecule has 0 fully saturated rings. The molecule has 0 bridgehead atoms. The van der Waals surface area contributed by atoms with Crippen molar-refractivity contribution in [3.8, 4) is 0 Å². The zero-order chi connectivity index (χ0) is 21.0. The first kappa shape index (κ1) is 21.1. The number of nitrogens with zero attached hydrogens (tertiary/aromatic N) is 2. The van der Waals surface area contributed by atoms with Crippen LogP contribution in [-0.2, 0) is 16.1 Å². The predicted molar refractivity (Wildman–Crippen MR) is 109 cm³/mol. The lowest BCUT2D eigenvalue weighted by molar-refractivity contribution is -0.384. The molecule has 0 radical (unpaired) electrons. The van der Waals surface area contributed by atoms with E-state index in [1.165, 1.54) is 31.2 Å². The molecule has 0 atom stereocenters. The van der Waals surface area contributed by atoms with Gasteiger partial charge in [-0.3, -0.25) is 19.7 Å². The Labute approximate surface area is 164 Å². The van der Waals surface area contributed by atoms with Gasteiger partial charge in [-0.2, -0.15) is 0 Å². The number of aromatic nitrogens is 1. The summed E-state index contributed by atoms with van der Waals surface area (Å²) in [6, 6.07) is 7.42. The summed E-state index contributed by atoms with van der Waals surface area (Å²) >= 11 is 0. The molecule has 1 N–H and O–H groups in total. The highest BCUT2D eigenvalue weighted by atomic mass is 16.6. The number of aryl methyl sites for hydroxylation is 1. The van der Waals surface area contributed by atoms with Gasteiger partial charge in [0, 0.05) is 35.8 Å². The maximum Gasteiger partial charge on any atom is 0.269 e. The summed E-state index contributed by atoms with van der Waals surface area (Å²) in [5, 5.41) is 13.4. The van der Waals surface area contributed by atoms with Crippen LogP contribution in [0, 0.1) is 29.9 Å². The molecule has 2 rings (SSSR count). The normalized spacial score (nSPS) is 11.6. The molecule has 7 nitrogen and oxygen atoms in total. The average Bonchev–Trinajstić information content (AvgIpc) is 2.86. The van der Waals surface area contributed by atoms with Crippen LogP contribution < -0.4 is 5.32 Å². The van der Waals surface area contributed by atoms with Crippen molar-refractivity contribution in [3.63, 3.8) is 0 Å². The Morgan fingerprint density at radius 1 is 1.21 bits per heavy atom. The number of hydrogen-bond acceptors (Lipinski definition) is 4. The number of nitro groups is 1. The monoisotopic (exact) mass is 383 g/mol. The standard InChI is InChI=1S/C21H25N3O4/c1-13(2)12-23-14(3)10-17(15(23)4)11-20(16(5)25)21(26)22-18-6-8-19(9-7-18)24(27)28/h6-11,13H,12H2,1-5H3,(H,22,26)/b20-11+. The van der Waals surface area contributed by atoms with E-state index in [1.54, 1.807) is 6.08 Å². The predicted octanol–water partition coefficient (Wildman–Crippen LogP) is 4.28. The Hall–Kier alpha value is -3.22. The van der Waals surface area contributed by atoms with Crippen LogP contribution in [0.5, 0.6) is 0 Å². The van der Waals surface area contributed by atoms with E-state index >= 15 is 0 Å². The van der Waals surface area contributed by atoms with E-state index in [1.807, 2.05) is 19.9 Å². The van der Waals surface area contributed by atoms with Gasteiger partial charge in [0.05, 0.1) is 10.5 Å². The van der Waals surface area contributed by atoms with Crippen molar-refractivity contribution in [2.45, 2.75) is 41.2 Å². The number of non-ortho nitro benzene ring substituents is 1. The third kappa shape index (κ3) is 4.94. The number of ketones is 1. The van der Waals surface area contributed by atoms with Crippen molar-refractivity contribution in [2.24, 2.45) is 5.92 Å². The minimum absolute atomic E-state index is 0.0307. The Morgan fingerprint density at radius 3 is 2.32 bits per heavy atom. The molecule has 0 spiro atoms. The van der Waals surface area contributed by atoms with Gasteiger partial charge in [0.25, 0.3) is 11.6 Å². The van der Waals surface area contributed by atoms with Crippen molar-refractivity contribution in [3.05, 3.63) is 63.0 Å². The molecule has 1 aromatic heterocycles. The molecular weight excluding hydrogens is 358 g/mol. The molecule has 2 aromatic rings. The third-order valence-electron chi connectivity index (χ3n) is 4.42. The largest absolute Gasteiger partial charge is 0.348 e. The van der Waals surface area contributed by atoms with Gasteiger partial charge >= 0.3 is 0 Å². The minimum atomic E-state index is -0.546. The van der Waals surface area contributed by atoms with Crippen LogP contribution in [0.1, 0.15) is 37.7 Å². The maximum atomic E-state index is 12.6. The number of rotatable bonds is 7. The van der Waals surface area contributed by atoms with E-state index < -0.39 is 10.8 Å². The zero-order valence-electron chi connectivity index (χ0n) is 16.8. The van der Waals surface area contributed by atoms with Crippen molar-refractivity contribution >= 4 is 29.1 Å². The lowest BCUT2D eigenvalue weighted by atomic mass is 10.1. The van der Waals surface area contributed by atoms with Crippen LogP contribution in [0.25, 0.3) is 6.08 Å². The van der Waals surface area contributed by atoms with Crippen LogP contribution in [0.15, 0.2) is 35.9 Å².